The molecule has 0 spiro atoms. The van der Waals surface area contributed by atoms with E-state index < -0.39 is 18.1 Å². The highest BCUT2D eigenvalue weighted by Crippen LogP contribution is 1.94. The fourth-order valence-electron chi connectivity index (χ4n) is 1.72. The van der Waals surface area contributed by atoms with Gasteiger partial charge in [0.15, 0.2) is 0 Å². The van der Waals surface area contributed by atoms with E-state index in [4.69, 9.17) is 34.4 Å². The Morgan fingerprint density at radius 1 is 0.500 bits per heavy atom. The molecule has 0 rings (SSSR count). The zero-order chi connectivity index (χ0) is 23.9. The zero-order valence-corrected chi connectivity index (χ0v) is 17.1. The molecule has 0 aliphatic carbocycles. The van der Waals surface area contributed by atoms with E-state index in [1.54, 1.807) is 0 Å². The summed E-state index contributed by atoms with van der Waals surface area (Å²) in [5.41, 5.74) is 31.9. The molecule has 12 nitrogen and oxygen atoms in total. The molecule has 0 aromatic rings. The topological polar surface area (TPSA) is 259 Å². The van der Waals surface area contributed by atoms with Crippen molar-refractivity contribution in [3.63, 3.8) is 0 Å². The smallest absolute Gasteiger partial charge is 0.136 e. The van der Waals surface area contributed by atoms with Gasteiger partial charge in [-0.05, 0) is 19.3 Å². The third kappa shape index (κ3) is 23.8. The van der Waals surface area contributed by atoms with Crippen LogP contribution >= 0.6 is 0 Å². The van der Waals surface area contributed by atoms with E-state index in [1.807, 2.05) is 0 Å². The summed E-state index contributed by atoms with van der Waals surface area (Å²) in [7, 11) is 0. The Morgan fingerprint density at radius 3 is 1.10 bits per heavy atom. The molecule has 0 aliphatic heterocycles. The van der Waals surface area contributed by atoms with Crippen LogP contribution in [0.15, 0.2) is 0 Å². The Labute approximate surface area is 176 Å². The van der Waals surface area contributed by atoms with Gasteiger partial charge in [-0.1, -0.05) is 0 Å². The molecule has 6 atom stereocenters. The molecular formula is C18H36N6O6. The summed E-state index contributed by atoms with van der Waals surface area (Å²) >= 11 is 0. The second-order valence-electron chi connectivity index (χ2n) is 6.51. The molecule has 0 aromatic heterocycles. The van der Waals surface area contributed by atoms with E-state index in [0.29, 0.717) is 50.7 Å². The van der Waals surface area contributed by atoms with Crippen LogP contribution in [0.4, 0.5) is 0 Å². The van der Waals surface area contributed by atoms with Gasteiger partial charge in [-0.2, -0.15) is 0 Å². The fourth-order valence-corrected chi connectivity index (χ4v) is 1.72. The van der Waals surface area contributed by atoms with Crippen molar-refractivity contribution in [3.8, 4) is 0 Å². The lowest BCUT2D eigenvalue weighted by Gasteiger charge is -2.13. The SMILES string of the molecule is NC(C=O)CC(N)CC=O.NC(C=O)CCC(N)C=O.NC(CC=O)C(N)CC=O. The van der Waals surface area contributed by atoms with Gasteiger partial charge in [-0.15, -0.1) is 0 Å². The number of hydrogen-bond donors (Lipinski definition) is 6. The molecular weight excluding hydrogens is 396 g/mol. The minimum absolute atomic E-state index is 0.217. The van der Waals surface area contributed by atoms with Crippen molar-refractivity contribution in [3.05, 3.63) is 0 Å². The molecule has 0 heterocycles. The van der Waals surface area contributed by atoms with Gasteiger partial charge in [0, 0.05) is 37.4 Å². The van der Waals surface area contributed by atoms with Crippen LogP contribution < -0.4 is 34.4 Å². The molecule has 6 unspecified atom stereocenters. The van der Waals surface area contributed by atoms with E-state index in [0.717, 1.165) is 6.29 Å². The van der Waals surface area contributed by atoms with Crippen LogP contribution in [0.3, 0.4) is 0 Å². The van der Waals surface area contributed by atoms with Crippen LogP contribution in [-0.4, -0.2) is 74.0 Å². The summed E-state index contributed by atoms with van der Waals surface area (Å²) in [6, 6.07) is -2.55. The molecule has 0 saturated heterocycles. The summed E-state index contributed by atoms with van der Waals surface area (Å²) in [5.74, 6) is 0. The molecule has 174 valence electrons. The minimum atomic E-state index is -0.532. The Hall–Kier alpha value is -2.22. The van der Waals surface area contributed by atoms with Crippen molar-refractivity contribution < 1.29 is 28.8 Å². The maximum Gasteiger partial charge on any atom is 0.136 e. The number of carbonyl (C=O) groups excluding carboxylic acids is 6. The van der Waals surface area contributed by atoms with Crippen molar-refractivity contribution in [1.29, 1.82) is 0 Å². The van der Waals surface area contributed by atoms with E-state index >= 15 is 0 Å². The molecule has 12 heteroatoms. The lowest BCUT2D eigenvalue weighted by Crippen LogP contribution is -2.41. The third-order valence-electron chi connectivity index (χ3n) is 3.62. The second-order valence-corrected chi connectivity index (χ2v) is 6.51. The van der Waals surface area contributed by atoms with Crippen LogP contribution in [0.5, 0.6) is 0 Å². The zero-order valence-electron chi connectivity index (χ0n) is 17.1. The van der Waals surface area contributed by atoms with Gasteiger partial charge in [0.2, 0.25) is 0 Å². The van der Waals surface area contributed by atoms with Gasteiger partial charge in [0.1, 0.15) is 37.7 Å². The van der Waals surface area contributed by atoms with Gasteiger partial charge in [-0.3, -0.25) is 0 Å². The average molecular weight is 433 g/mol. The summed E-state index contributed by atoms with van der Waals surface area (Å²) in [6.45, 7) is 0. The first-order chi connectivity index (χ1) is 14.1. The van der Waals surface area contributed by atoms with Crippen LogP contribution in [-0.2, 0) is 28.8 Å². The van der Waals surface area contributed by atoms with Gasteiger partial charge in [-0.25, -0.2) is 0 Å². The van der Waals surface area contributed by atoms with Crippen molar-refractivity contribution in [2.24, 2.45) is 34.4 Å². The van der Waals surface area contributed by atoms with Gasteiger partial charge in [0.05, 0.1) is 18.1 Å². The average Bonchev–Trinajstić information content (AvgIpc) is 2.72. The fraction of sp³-hybridized carbons (Fsp3) is 0.667. The maximum absolute atomic E-state index is 9.98. The number of aldehydes is 6. The maximum atomic E-state index is 9.98. The summed E-state index contributed by atoms with van der Waals surface area (Å²) < 4.78 is 0. The first-order valence-electron chi connectivity index (χ1n) is 9.33. The molecule has 0 fully saturated rings. The molecule has 0 aliphatic rings. The van der Waals surface area contributed by atoms with Crippen LogP contribution in [0, 0.1) is 0 Å². The Morgan fingerprint density at radius 2 is 0.833 bits per heavy atom. The first-order valence-corrected chi connectivity index (χ1v) is 9.33. The van der Waals surface area contributed by atoms with Gasteiger partial charge in [0.25, 0.3) is 0 Å². The van der Waals surface area contributed by atoms with E-state index in [2.05, 4.69) is 0 Å². The number of rotatable bonds is 15. The van der Waals surface area contributed by atoms with E-state index in [1.165, 1.54) is 0 Å². The first kappa shape index (κ1) is 32.4. The Balaban J connectivity index is -0.000000364. The lowest BCUT2D eigenvalue weighted by atomic mass is 10.1. The van der Waals surface area contributed by atoms with Crippen LogP contribution in [0.1, 0.15) is 38.5 Å². The molecule has 0 bridgehead atoms. The van der Waals surface area contributed by atoms with Gasteiger partial charge < -0.3 is 63.2 Å². The van der Waals surface area contributed by atoms with Crippen LogP contribution in [0.25, 0.3) is 0 Å². The molecule has 0 amide bonds. The molecule has 0 saturated carbocycles. The Bertz CT molecular complexity index is 454. The minimum Gasteiger partial charge on any atom is -0.327 e. The largest absolute Gasteiger partial charge is 0.327 e. The highest BCUT2D eigenvalue weighted by atomic mass is 16.1. The predicted octanol–water partition coefficient (Wildman–Crippen LogP) is -3.54. The van der Waals surface area contributed by atoms with Crippen molar-refractivity contribution >= 4 is 37.7 Å². The monoisotopic (exact) mass is 432 g/mol. The van der Waals surface area contributed by atoms with E-state index in [-0.39, 0.29) is 37.4 Å². The van der Waals surface area contributed by atoms with Crippen LogP contribution in [0.2, 0.25) is 0 Å². The molecule has 0 radical (unpaired) electrons. The lowest BCUT2D eigenvalue weighted by molar-refractivity contribution is -0.110. The Kier molecular flexibility index (Phi) is 24.9. The summed E-state index contributed by atoms with van der Waals surface area (Å²) in [5, 5.41) is 0. The predicted molar refractivity (Wildman–Crippen MR) is 112 cm³/mol. The number of hydrogen-bond acceptors (Lipinski definition) is 12. The van der Waals surface area contributed by atoms with Crippen molar-refractivity contribution in [2.45, 2.75) is 74.8 Å². The summed E-state index contributed by atoms with van der Waals surface area (Å²) in [4.78, 5) is 59.6. The van der Waals surface area contributed by atoms with Crippen molar-refractivity contribution in [2.75, 3.05) is 0 Å². The molecule has 0 aromatic carbocycles. The normalized spacial score (nSPS) is 15.8. The highest BCUT2D eigenvalue weighted by molar-refractivity contribution is 5.59. The van der Waals surface area contributed by atoms with E-state index in [9.17, 15) is 28.8 Å². The highest BCUT2D eigenvalue weighted by Gasteiger charge is 2.11. The van der Waals surface area contributed by atoms with Crippen molar-refractivity contribution in [1.82, 2.24) is 0 Å². The standard InChI is InChI=1S/3C6H12N2O2/c7-5(1-3-9)6(8)2-4-10;7-5(1-2-9)3-6(8)4-10;7-5(3-9)1-2-6(8)4-10/h3-6H,1-2,7-8H2;2,4-6H,1,3,7-8H2;3-6H,1-2,7-8H2. The quantitative estimate of drug-likeness (QED) is 0.137. The summed E-state index contributed by atoms with van der Waals surface area (Å²) in [6.07, 6.45) is 6.09. The number of carbonyl (C=O) groups is 6. The second kappa shape index (κ2) is 23.1. The third-order valence-corrected chi connectivity index (χ3v) is 3.62. The molecule has 30 heavy (non-hydrogen) atoms. The van der Waals surface area contributed by atoms with Gasteiger partial charge >= 0.3 is 0 Å². The molecule has 12 N–H and O–H groups in total. The number of nitrogens with two attached hydrogens (primary N) is 6.